The average molecular weight is 80.5 g/mol. The fraction of sp³-hybridized carbons (Fsp3) is 0.500. The van der Waals surface area contributed by atoms with Gasteiger partial charge in [-0.3, -0.25) is 0 Å². The SMILES string of the molecule is Cl.[CH2]CN. The smallest absolute Gasteiger partial charge is 0.00768 e. The number of nitrogens with two attached hydrogens (primary N) is 1. The maximum absolute atomic E-state index is 4.74. The number of hydrogen-bond donors (Lipinski definition) is 1. The van der Waals surface area contributed by atoms with Gasteiger partial charge in [-0.15, -0.1) is 12.4 Å². The topological polar surface area (TPSA) is 26.0 Å². The van der Waals surface area contributed by atoms with E-state index in [2.05, 4.69) is 6.92 Å². The molecule has 0 aromatic carbocycles. The van der Waals surface area contributed by atoms with Gasteiger partial charge in [0.15, 0.2) is 0 Å². The highest BCUT2D eigenvalue weighted by molar-refractivity contribution is 5.85. The lowest BCUT2D eigenvalue weighted by molar-refractivity contribution is 1.26. The second-order valence-electron chi connectivity index (χ2n) is 0.289. The molecule has 27 valence electrons. The molecule has 0 saturated carbocycles. The van der Waals surface area contributed by atoms with Crippen LogP contribution in [0.2, 0.25) is 0 Å². The summed E-state index contributed by atoms with van der Waals surface area (Å²) in [4.78, 5) is 0. The van der Waals surface area contributed by atoms with Gasteiger partial charge in [-0.2, -0.15) is 0 Å². The van der Waals surface area contributed by atoms with Crippen molar-refractivity contribution in [2.45, 2.75) is 0 Å². The largest absolute Gasteiger partial charge is 0.330 e. The van der Waals surface area contributed by atoms with Crippen LogP contribution in [0, 0.1) is 6.92 Å². The molecule has 2 N–H and O–H groups in total. The first-order valence-corrected chi connectivity index (χ1v) is 0.908. The minimum absolute atomic E-state index is 0. The van der Waals surface area contributed by atoms with Crippen molar-refractivity contribution < 1.29 is 0 Å². The van der Waals surface area contributed by atoms with Crippen molar-refractivity contribution in [3.63, 3.8) is 0 Å². The first-order chi connectivity index (χ1) is 1.41. The molecule has 0 amide bonds. The van der Waals surface area contributed by atoms with E-state index in [1.165, 1.54) is 0 Å². The third-order valence-corrected chi connectivity index (χ3v) is 0. The van der Waals surface area contributed by atoms with Gasteiger partial charge in [0.25, 0.3) is 0 Å². The van der Waals surface area contributed by atoms with Gasteiger partial charge in [-0.25, -0.2) is 0 Å². The van der Waals surface area contributed by atoms with E-state index in [-0.39, 0.29) is 12.4 Å². The Labute approximate surface area is 32.6 Å². The van der Waals surface area contributed by atoms with Crippen molar-refractivity contribution in [1.82, 2.24) is 0 Å². The van der Waals surface area contributed by atoms with Crippen LogP contribution >= 0.6 is 12.4 Å². The van der Waals surface area contributed by atoms with Crippen LogP contribution < -0.4 is 5.73 Å². The minimum atomic E-state index is 0. The third kappa shape index (κ3) is 56.3. The van der Waals surface area contributed by atoms with Crippen molar-refractivity contribution in [3.05, 3.63) is 6.92 Å². The van der Waals surface area contributed by atoms with E-state index in [9.17, 15) is 0 Å². The molecule has 0 aromatic rings. The molecule has 0 spiro atoms. The standard InChI is InChI=1S/C2H6N.ClH/c1-2-3;/h1-3H2;1H. The minimum Gasteiger partial charge on any atom is -0.330 e. The molecule has 0 atom stereocenters. The van der Waals surface area contributed by atoms with Crippen molar-refractivity contribution in [2.75, 3.05) is 6.54 Å². The Morgan fingerprint density at radius 2 is 1.75 bits per heavy atom. The zero-order chi connectivity index (χ0) is 2.71. The maximum atomic E-state index is 4.74. The van der Waals surface area contributed by atoms with Crippen LogP contribution in [0.3, 0.4) is 0 Å². The summed E-state index contributed by atoms with van der Waals surface area (Å²) in [5, 5.41) is 0. The molecule has 4 heavy (non-hydrogen) atoms. The van der Waals surface area contributed by atoms with Crippen molar-refractivity contribution >= 4 is 12.4 Å². The van der Waals surface area contributed by atoms with Crippen molar-refractivity contribution in [1.29, 1.82) is 0 Å². The first-order valence-electron chi connectivity index (χ1n) is 0.908. The molecule has 0 aromatic heterocycles. The zero-order valence-corrected chi connectivity index (χ0v) is 3.22. The Balaban J connectivity index is 0. The molecule has 0 saturated heterocycles. The molecule has 0 bridgehead atoms. The molecule has 1 nitrogen and oxygen atoms in total. The van der Waals surface area contributed by atoms with Gasteiger partial charge in [0.05, 0.1) is 0 Å². The van der Waals surface area contributed by atoms with Gasteiger partial charge >= 0.3 is 0 Å². The molecule has 0 unspecified atom stereocenters. The number of rotatable bonds is 0. The summed E-state index contributed by atoms with van der Waals surface area (Å²) in [5.74, 6) is 0. The van der Waals surface area contributed by atoms with Gasteiger partial charge in [0, 0.05) is 0 Å². The number of hydrogen-bond acceptors (Lipinski definition) is 1. The van der Waals surface area contributed by atoms with Crippen LogP contribution in [-0.4, -0.2) is 6.54 Å². The highest BCUT2D eigenvalue weighted by atomic mass is 35.5. The second-order valence-corrected chi connectivity index (χ2v) is 0.289. The van der Waals surface area contributed by atoms with E-state index in [4.69, 9.17) is 5.73 Å². The summed E-state index contributed by atoms with van der Waals surface area (Å²) in [5.41, 5.74) is 4.74. The monoisotopic (exact) mass is 80.0 g/mol. The zero-order valence-electron chi connectivity index (χ0n) is 2.40. The van der Waals surface area contributed by atoms with Crippen molar-refractivity contribution in [3.8, 4) is 0 Å². The highest BCUT2D eigenvalue weighted by Gasteiger charge is 1.33. The lowest BCUT2D eigenvalue weighted by Gasteiger charge is -1.52. The van der Waals surface area contributed by atoms with Crippen molar-refractivity contribution in [2.24, 2.45) is 5.73 Å². The van der Waals surface area contributed by atoms with Gasteiger partial charge in [-0.1, -0.05) is 0 Å². The molecule has 0 rings (SSSR count). The molecule has 1 radical (unpaired) electrons. The first kappa shape index (κ1) is 8.87. The van der Waals surface area contributed by atoms with E-state index in [1.54, 1.807) is 0 Å². The van der Waals surface area contributed by atoms with Crippen LogP contribution in [-0.2, 0) is 0 Å². The van der Waals surface area contributed by atoms with Crippen LogP contribution in [0.25, 0.3) is 0 Å². The molecule has 0 aliphatic heterocycles. The maximum Gasteiger partial charge on any atom is -0.00768 e. The highest BCUT2D eigenvalue weighted by Crippen LogP contribution is 1.17. The van der Waals surface area contributed by atoms with Gasteiger partial charge < -0.3 is 5.73 Å². The van der Waals surface area contributed by atoms with E-state index < -0.39 is 0 Å². The predicted octanol–water partition coefficient (Wildman–Crippen LogP) is 0.201. The fourth-order valence-corrected chi connectivity index (χ4v) is 0. The Hall–Kier alpha value is 0.250. The molecule has 0 fully saturated rings. The molecular formula is C2H7ClN. The lowest BCUT2D eigenvalue weighted by atomic mass is 10.8. The molecule has 0 heterocycles. The second kappa shape index (κ2) is 10.5. The van der Waals surface area contributed by atoms with Gasteiger partial charge in [0.1, 0.15) is 0 Å². The average Bonchev–Trinajstić information content (AvgIpc) is 0.918. The van der Waals surface area contributed by atoms with Gasteiger partial charge in [0.2, 0.25) is 0 Å². The predicted molar refractivity (Wildman–Crippen MR) is 21.7 cm³/mol. The lowest BCUT2D eigenvalue weighted by Crippen LogP contribution is -1.88. The third-order valence-electron chi connectivity index (χ3n) is 0. The molecular weight excluding hydrogens is 73.5 g/mol. The summed E-state index contributed by atoms with van der Waals surface area (Å²) in [6.07, 6.45) is 0. The summed E-state index contributed by atoms with van der Waals surface area (Å²) >= 11 is 0. The van der Waals surface area contributed by atoms with E-state index in [0.29, 0.717) is 6.54 Å². The summed E-state index contributed by atoms with van der Waals surface area (Å²) < 4.78 is 0. The van der Waals surface area contributed by atoms with Crippen LogP contribution in [0.5, 0.6) is 0 Å². The Morgan fingerprint density at radius 1 is 1.75 bits per heavy atom. The summed E-state index contributed by atoms with van der Waals surface area (Å²) in [6, 6.07) is 0. The van der Waals surface area contributed by atoms with E-state index in [1.807, 2.05) is 0 Å². The van der Waals surface area contributed by atoms with Gasteiger partial charge in [-0.05, 0) is 13.5 Å². The molecule has 0 aliphatic carbocycles. The fourth-order valence-electron chi connectivity index (χ4n) is 0. The Bertz CT molecular complexity index is 6.00. The summed E-state index contributed by atoms with van der Waals surface area (Å²) in [7, 11) is 0. The Morgan fingerprint density at radius 3 is 1.75 bits per heavy atom. The van der Waals surface area contributed by atoms with E-state index >= 15 is 0 Å². The van der Waals surface area contributed by atoms with Crippen LogP contribution in [0.1, 0.15) is 0 Å². The van der Waals surface area contributed by atoms with Crippen LogP contribution in [0.4, 0.5) is 0 Å². The number of halogens is 1. The molecule has 0 aliphatic rings. The Kier molecular flexibility index (Phi) is 23.3. The van der Waals surface area contributed by atoms with Crippen LogP contribution in [0.15, 0.2) is 0 Å². The quantitative estimate of drug-likeness (QED) is 0.442. The molecule has 2 heteroatoms. The van der Waals surface area contributed by atoms with E-state index in [0.717, 1.165) is 0 Å². The summed E-state index contributed by atoms with van der Waals surface area (Å²) in [6.45, 7) is 3.76. The normalized spacial score (nSPS) is 4.50.